The van der Waals surface area contributed by atoms with Gasteiger partial charge in [0.1, 0.15) is 0 Å². The van der Waals surface area contributed by atoms with Crippen molar-refractivity contribution < 1.29 is 19.1 Å². The molecule has 0 aliphatic carbocycles. The number of halogens is 3. The average Bonchev–Trinajstić information content (AvgIpc) is 2.20. The zero-order valence-electron chi connectivity index (χ0n) is 7.92. The van der Waals surface area contributed by atoms with Crippen molar-refractivity contribution in [1.29, 1.82) is 0 Å². The Kier molecular flexibility index (Phi) is 3.28. The van der Waals surface area contributed by atoms with Gasteiger partial charge in [0, 0.05) is 0 Å². The minimum atomic E-state index is -1.65. The predicted molar refractivity (Wildman–Crippen MR) is 52.0 cm³/mol. The number of alkyl halides is 1. The SMILES string of the molecule is COC(=O)C1=CC(F)=C(Cl)N(O)C1(C)Cl. The van der Waals surface area contributed by atoms with Gasteiger partial charge in [0.2, 0.25) is 0 Å². The number of carbonyl (C=O) groups excluding carboxylic acids is 1. The zero-order chi connectivity index (χ0) is 11.8. The molecule has 4 nitrogen and oxygen atoms in total. The fraction of sp³-hybridized carbons (Fsp3) is 0.375. The average molecular weight is 256 g/mol. The van der Waals surface area contributed by atoms with E-state index in [1.165, 1.54) is 6.92 Å². The van der Waals surface area contributed by atoms with Gasteiger partial charge in [0.15, 0.2) is 16.0 Å². The van der Waals surface area contributed by atoms with Crippen LogP contribution in [0.4, 0.5) is 4.39 Å². The van der Waals surface area contributed by atoms with Crippen LogP contribution in [0.25, 0.3) is 0 Å². The molecule has 0 aromatic carbocycles. The summed E-state index contributed by atoms with van der Waals surface area (Å²) in [5.74, 6) is -1.80. The van der Waals surface area contributed by atoms with Gasteiger partial charge in [-0.15, -0.1) is 0 Å². The molecule has 0 bridgehead atoms. The van der Waals surface area contributed by atoms with Crippen LogP contribution in [0.5, 0.6) is 0 Å². The lowest BCUT2D eigenvalue weighted by Crippen LogP contribution is -2.44. The molecule has 7 heteroatoms. The third-order valence-electron chi connectivity index (χ3n) is 1.95. The molecule has 1 atom stereocenters. The fourth-order valence-electron chi connectivity index (χ4n) is 1.07. The maximum atomic E-state index is 13.1. The molecule has 0 saturated heterocycles. The van der Waals surface area contributed by atoms with Gasteiger partial charge in [0.05, 0.1) is 12.7 Å². The number of nitrogens with zero attached hydrogens (tertiary/aromatic N) is 1. The van der Waals surface area contributed by atoms with Crippen LogP contribution in [0, 0.1) is 0 Å². The number of rotatable bonds is 1. The van der Waals surface area contributed by atoms with Crippen molar-refractivity contribution in [2.24, 2.45) is 0 Å². The lowest BCUT2D eigenvalue weighted by Gasteiger charge is -2.35. The number of ether oxygens (including phenoxy) is 1. The molecule has 1 rings (SSSR count). The van der Waals surface area contributed by atoms with Gasteiger partial charge in [0.25, 0.3) is 0 Å². The second-order valence-corrected chi connectivity index (χ2v) is 4.05. The summed E-state index contributed by atoms with van der Waals surface area (Å²) in [6, 6.07) is 0. The van der Waals surface area contributed by atoms with E-state index in [1.54, 1.807) is 0 Å². The topological polar surface area (TPSA) is 49.8 Å². The third kappa shape index (κ3) is 1.95. The highest BCUT2D eigenvalue weighted by molar-refractivity contribution is 6.33. The van der Waals surface area contributed by atoms with Gasteiger partial charge in [-0.1, -0.05) is 23.2 Å². The molecule has 0 fully saturated rings. The van der Waals surface area contributed by atoms with E-state index < -0.39 is 22.0 Å². The van der Waals surface area contributed by atoms with Gasteiger partial charge >= 0.3 is 5.97 Å². The van der Waals surface area contributed by atoms with Crippen LogP contribution in [0.3, 0.4) is 0 Å². The Morgan fingerprint density at radius 3 is 2.73 bits per heavy atom. The highest BCUT2D eigenvalue weighted by Gasteiger charge is 2.42. The standard InChI is InChI=1S/C8H8Cl2FNO3/c1-8(10)4(7(13)15-2)3-5(11)6(9)12(8)14/h3,14H,1-2H3. The number of hydrogen-bond donors (Lipinski definition) is 1. The van der Waals surface area contributed by atoms with Gasteiger partial charge in [-0.3, -0.25) is 5.21 Å². The highest BCUT2D eigenvalue weighted by Crippen LogP contribution is 2.38. The fourth-order valence-corrected chi connectivity index (χ4v) is 1.56. The van der Waals surface area contributed by atoms with Crippen molar-refractivity contribution in [3.8, 4) is 0 Å². The molecule has 15 heavy (non-hydrogen) atoms. The number of allylic oxidation sites excluding steroid dienone is 2. The van der Waals surface area contributed by atoms with Gasteiger partial charge < -0.3 is 4.74 Å². The van der Waals surface area contributed by atoms with Crippen LogP contribution in [0.1, 0.15) is 6.92 Å². The van der Waals surface area contributed by atoms with Crippen molar-refractivity contribution in [3.05, 3.63) is 22.6 Å². The summed E-state index contributed by atoms with van der Waals surface area (Å²) >= 11 is 11.3. The van der Waals surface area contributed by atoms with Crippen molar-refractivity contribution in [2.75, 3.05) is 7.11 Å². The van der Waals surface area contributed by atoms with E-state index in [1.807, 2.05) is 0 Å². The van der Waals surface area contributed by atoms with Crippen molar-refractivity contribution in [2.45, 2.75) is 11.9 Å². The number of esters is 1. The quantitative estimate of drug-likeness (QED) is 0.443. The second kappa shape index (κ2) is 4.00. The van der Waals surface area contributed by atoms with E-state index >= 15 is 0 Å². The molecule has 0 spiro atoms. The molecular weight excluding hydrogens is 248 g/mol. The first-order valence-corrected chi connectivity index (χ1v) is 4.61. The number of hydrogen-bond acceptors (Lipinski definition) is 4. The molecule has 1 unspecified atom stereocenters. The lowest BCUT2D eigenvalue weighted by molar-refractivity contribution is -0.141. The summed E-state index contributed by atoms with van der Waals surface area (Å²) in [7, 11) is 1.12. The minimum Gasteiger partial charge on any atom is -0.466 e. The van der Waals surface area contributed by atoms with E-state index in [9.17, 15) is 14.4 Å². The van der Waals surface area contributed by atoms with Crippen LogP contribution in [0.15, 0.2) is 22.6 Å². The Balaban J connectivity index is 3.25. The monoisotopic (exact) mass is 255 g/mol. The summed E-state index contributed by atoms with van der Waals surface area (Å²) < 4.78 is 17.5. The van der Waals surface area contributed by atoms with Crippen molar-refractivity contribution >= 4 is 29.2 Å². The lowest BCUT2D eigenvalue weighted by atomic mass is 10.1. The van der Waals surface area contributed by atoms with E-state index in [0.29, 0.717) is 0 Å². The highest BCUT2D eigenvalue weighted by atomic mass is 35.5. The minimum absolute atomic E-state index is 0.240. The summed E-state index contributed by atoms with van der Waals surface area (Å²) in [6.45, 7) is 1.28. The number of methoxy groups -OCH3 is 1. The van der Waals surface area contributed by atoms with E-state index in [0.717, 1.165) is 13.2 Å². The summed E-state index contributed by atoms with van der Waals surface area (Å²) in [4.78, 5) is 9.58. The first kappa shape index (κ1) is 12.3. The van der Waals surface area contributed by atoms with Crippen LogP contribution in [-0.2, 0) is 9.53 Å². The molecule has 1 heterocycles. The molecule has 1 N–H and O–H groups in total. The molecule has 0 aromatic rings. The zero-order valence-corrected chi connectivity index (χ0v) is 9.43. The normalized spacial score (nSPS) is 26.5. The Morgan fingerprint density at radius 2 is 2.27 bits per heavy atom. The van der Waals surface area contributed by atoms with Crippen LogP contribution in [0.2, 0.25) is 0 Å². The second-order valence-electron chi connectivity index (χ2n) is 2.95. The van der Waals surface area contributed by atoms with Crippen molar-refractivity contribution in [1.82, 2.24) is 5.06 Å². The molecule has 84 valence electrons. The molecule has 0 radical (unpaired) electrons. The maximum absolute atomic E-state index is 13.1. The Bertz CT molecular complexity index is 365. The maximum Gasteiger partial charge on any atom is 0.337 e. The Morgan fingerprint density at radius 1 is 1.73 bits per heavy atom. The molecular formula is C8H8Cl2FNO3. The van der Waals surface area contributed by atoms with Crippen molar-refractivity contribution in [3.63, 3.8) is 0 Å². The Hall–Kier alpha value is -0.780. The van der Waals surface area contributed by atoms with Crippen LogP contribution in [-0.4, -0.2) is 28.3 Å². The van der Waals surface area contributed by atoms with E-state index in [2.05, 4.69) is 4.74 Å². The number of hydroxylamine groups is 2. The predicted octanol–water partition coefficient (Wildman–Crippen LogP) is 2.12. The first-order valence-electron chi connectivity index (χ1n) is 3.86. The largest absolute Gasteiger partial charge is 0.466 e. The number of carbonyl (C=O) groups is 1. The smallest absolute Gasteiger partial charge is 0.337 e. The van der Waals surface area contributed by atoms with E-state index in [-0.39, 0.29) is 10.6 Å². The Labute approximate surface area is 95.5 Å². The summed E-state index contributed by atoms with van der Waals surface area (Å²) in [5, 5.41) is 9.09. The first-order chi connectivity index (χ1) is 6.82. The summed E-state index contributed by atoms with van der Waals surface area (Å²) in [5.41, 5.74) is -0.240. The summed E-state index contributed by atoms with van der Waals surface area (Å²) in [6.07, 6.45) is 0.827. The van der Waals surface area contributed by atoms with Gasteiger partial charge in [-0.25, -0.2) is 14.2 Å². The molecule has 1 aliphatic heterocycles. The molecule has 0 saturated carbocycles. The molecule has 0 amide bonds. The molecule has 1 aliphatic rings. The van der Waals surface area contributed by atoms with Gasteiger partial charge in [-0.05, 0) is 13.0 Å². The third-order valence-corrected chi connectivity index (χ3v) is 2.65. The van der Waals surface area contributed by atoms with Gasteiger partial charge in [-0.2, -0.15) is 0 Å². The molecule has 0 aromatic heterocycles. The van der Waals surface area contributed by atoms with E-state index in [4.69, 9.17) is 23.2 Å². The van der Waals surface area contributed by atoms with Crippen LogP contribution >= 0.6 is 23.2 Å². The van der Waals surface area contributed by atoms with Crippen LogP contribution < -0.4 is 0 Å².